The highest BCUT2D eigenvalue weighted by Crippen LogP contribution is 2.39. The van der Waals surface area contributed by atoms with Gasteiger partial charge in [-0.15, -0.1) is 11.3 Å². The highest BCUT2D eigenvalue weighted by molar-refractivity contribution is 7.17. The molecule has 0 radical (unpaired) electrons. The fraction of sp³-hybridized carbons (Fsp3) is 0.438. The normalized spacial score (nSPS) is 25.7. The molecule has 0 spiro atoms. The Hall–Kier alpha value is -1.99. The van der Waals surface area contributed by atoms with Crippen LogP contribution in [0, 0.1) is 5.92 Å². The molecule has 3 fully saturated rings. The summed E-state index contributed by atoms with van der Waals surface area (Å²) in [4.78, 5) is 27.3. The van der Waals surface area contributed by atoms with E-state index in [9.17, 15) is 4.79 Å². The van der Waals surface area contributed by atoms with Gasteiger partial charge >= 0.3 is 0 Å². The van der Waals surface area contributed by atoms with Gasteiger partial charge in [-0.05, 0) is 37.9 Å². The van der Waals surface area contributed by atoms with Gasteiger partial charge in [-0.2, -0.15) is 0 Å². The smallest absolute Gasteiger partial charge is 0.250 e. The van der Waals surface area contributed by atoms with Crippen molar-refractivity contribution in [2.75, 3.05) is 19.6 Å². The molecule has 122 valence electrons. The molecule has 2 amide bonds. The minimum absolute atomic E-state index is 0.250. The molecule has 0 saturated carbocycles. The van der Waals surface area contributed by atoms with Crippen LogP contribution >= 0.6 is 11.3 Å². The van der Waals surface area contributed by atoms with E-state index in [-0.39, 0.29) is 12.3 Å². The predicted molar refractivity (Wildman–Crippen MR) is 90.3 cm³/mol. The lowest BCUT2D eigenvalue weighted by atomic mass is 9.77. The first-order chi connectivity index (χ1) is 11.1. The lowest BCUT2D eigenvalue weighted by Gasteiger charge is -2.44. The van der Waals surface area contributed by atoms with E-state index < -0.39 is 0 Å². The van der Waals surface area contributed by atoms with E-state index in [4.69, 9.17) is 10.5 Å². The summed E-state index contributed by atoms with van der Waals surface area (Å²) in [6.45, 7) is 3.57. The summed E-state index contributed by atoms with van der Waals surface area (Å²) in [7, 11) is 0. The molecule has 3 saturated heterocycles. The van der Waals surface area contributed by atoms with Gasteiger partial charge in [0.25, 0.3) is 0 Å². The zero-order valence-electron chi connectivity index (χ0n) is 12.8. The van der Waals surface area contributed by atoms with E-state index in [0.717, 1.165) is 28.2 Å². The van der Waals surface area contributed by atoms with E-state index in [1.807, 2.05) is 11.6 Å². The van der Waals surface area contributed by atoms with Crippen LogP contribution in [0.15, 0.2) is 17.6 Å². The van der Waals surface area contributed by atoms with Crippen LogP contribution in [0.4, 0.5) is 0 Å². The largest absolute Gasteiger partial charge is 0.372 e. The van der Waals surface area contributed by atoms with Crippen molar-refractivity contribution in [3.8, 4) is 0 Å². The Morgan fingerprint density at radius 2 is 2.09 bits per heavy atom. The molecule has 6 nitrogen and oxygen atoms in total. The van der Waals surface area contributed by atoms with Crippen molar-refractivity contribution in [1.82, 2.24) is 9.88 Å². The molecule has 7 heteroatoms. The van der Waals surface area contributed by atoms with Gasteiger partial charge in [0, 0.05) is 35.1 Å². The Balaban J connectivity index is 0.000000485. The van der Waals surface area contributed by atoms with E-state index >= 15 is 0 Å². The SMILES string of the molecule is NC(=O)c1csc2cnc([C@H]3CN4CCC3CC4)cc12.NC=O. The molecule has 2 bridgehead atoms. The number of fused-ring (bicyclic) bond motifs is 4. The third kappa shape index (κ3) is 3.07. The first kappa shape index (κ1) is 15.9. The van der Waals surface area contributed by atoms with Gasteiger partial charge in [-0.3, -0.25) is 14.6 Å². The third-order valence-corrected chi connectivity index (χ3v) is 5.72. The Morgan fingerprint density at radius 3 is 2.65 bits per heavy atom. The summed E-state index contributed by atoms with van der Waals surface area (Å²) < 4.78 is 1.05. The maximum absolute atomic E-state index is 11.5. The van der Waals surface area contributed by atoms with Gasteiger partial charge in [0.05, 0.1) is 10.3 Å². The summed E-state index contributed by atoms with van der Waals surface area (Å²) in [5, 5.41) is 2.82. The van der Waals surface area contributed by atoms with Crippen molar-refractivity contribution < 1.29 is 9.59 Å². The van der Waals surface area contributed by atoms with Crippen LogP contribution in [0.2, 0.25) is 0 Å². The highest BCUT2D eigenvalue weighted by Gasteiger charge is 2.35. The van der Waals surface area contributed by atoms with Crippen molar-refractivity contribution >= 4 is 33.7 Å². The first-order valence-corrected chi connectivity index (χ1v) is 8.56. The second-order valence-corrected chi connectivity index (χ2v) is 6.91. The van der Waals surface area contributed by atoms with Gasteiger partial charge in [0.15, 0.2) is 0 Å². The number of nitrogens with two attached hydrogens (primary N) is 2. The minimum Gasteiger partial charge on any atom is -0.372 e. The van der Waals surface area contributed by atoms with E-state index in [2.05, 4.69) is 21.7 Å². The van der Waals surface area contributed by atoms with Crippen LogP contribution in [0.1, 0.15) is 34.8 Å². The molecule has 5 heterocycles. The fourth-order valence-electron chi connectivity index (χ4n) is 3.64. The molecular weight excluding hydrogens is 312 g/mol. The molecule has 0 unspecified atom stereocenters. The van der Waals surface area contributed by atoms with Crippen molar-refractivity contribution in [2.45, 2.75) is 18.8 Å². The van der Waals surface area contributed by atoms with Gasteiger partial charge in [-0.1, -0.05) is 0 Å². The molecule has 4 N–H and O–H groups in total. The number of hydrogen-bond donors (Lipinski definition) is 2. The number of rotatable bonds is 2. The van der Waals surface area contributed by atoms with Crippen LogP contribution in [-0.4, -0.2) is 41.8 Å². The van der Waals surface area contributed by atoms with Crippen LogP contribution in [-0.2, 0) is 4.79 Å². The summed E-state index contributed by atoms with van der Waals surface area (Å²) in [5.74, 6) is 0.922. The van der Waals surface area contributed by atoms with Crippen molar-refractivity contribution in [3.05, 3.63) is 28.9 Å². The monoisotopic (exact) mass is 332 g/mol. The first-order valence-electron chi connectivity index (χ1n) is 7.68. The summed E-state index contributed by atoms with van der Waals surface area (Å²) in [6, 6.07) is 2.10. The van der Waals surface area contributed by atoms with Crippen LogP contribution in [0.3, 0.4) is 0 Å². The molecule has 0 aromatic carbocycles. The Bertz CT molecular complexity index is 722. The number of aromatic nitrogens is 1. The summed E-state index contributed by atoms with van der Waals surface area (Å²) >= 11 is 1.54. The van der Waals surface area contributed by atoms with Gasteiger partial charge in [0.2, 0.25) is 12.3 Å². The lowest BCUT2D eigenvalue weighted by molar-refractivity contribution is -0.106. The molecule has 3 aliphatic heterocycles. The topological polar surface area (TPSA) is 102 Å². The number of primary amides is 2. The van der Waals surface area contributed by atoms with Gasteiger partial charge in [0.1, 0.15) is 0 Å². The Morgan fingerprint density at radius 1 is 1.39 bits per heavy atom. The zero-order chi connectivity index (χ0) is 16.4. The van der Waals surface area contributed by atoms with Crippen molar-refractivity contribution in [2.24, 2.45) is 17.4 Å². The summed E-state index contributed by atoms with van der Waals surface area (Å²) in [5.41, 5.74) is 11.4. The highest BCUT2D eigenvalue weighted by atomic mass is 32.1. The van der Waals surface area contributed by atoms with Crippen LogP contribution < -0.4 is 11.5 Å². The molecule has 3 aliphatic rings. The lowest BCUT2D eigenvalue weighted by Crippen LogP contribution is -2.46. The zero-order valence-corrected chi connectivity index (χ0v) is 13.6. The average molecular weight is 332 g/mol. The number of pyridine rings is 1. The fourth-order valence-corrected chi connectivity index (χ4v) is 4.54. The van der Waals surface area contributed by atoms with Crippen molar-refractivity contribution in [3.63, 3.8) is 0 Å². The second-order valence-electron chi connectivity index (χ2n) is 6.00. The number of piperidine rings is 3. The summed E-state index contributed by atoms with van der Waals surface area (Å²) in [6.07, 6.45) is 4.70. The average Bonchev–Trinajstić information content (AvgIpc) is 3.00. The number of amides is 2. The number of carbonyl (C=O) groups excluding carboxylic acids is 2. The van der Waals surface area contributed by atoms with Crippen molar-refractivity contribution in [1.29, 1.82) is 0 Å². The minimum atomic E-state index is -0.345. The Kier molecular flexibility index (Phi) is 4.58. The number of carbonyl (C=O) groups is 2. The standard InChI is InChI=1S/C15H17N3OS.CH3NO/c16-15(19)12-8-20-14-6-17-13(5-10(12)14)11-7-18-3-1-9(11)2-4-18;2-1-3/h5-6,8-9,11H,1-4,7H2,(H2,16,19);1H,(H2,2,3)/t11-;/m0./s1. The maximum Gasteiger partial charge on any atom is 0.250 e. The Labute approximate surface area is 138 Å². The predicted octanol–water partition coefficient (Wildman–Crippen LogP) is 1.31. The van der Waals surface area contributed by atoms with Crippen LogP contribution in [0.25, 0.3) is 10.1 Å². The quantitative estimate of drug-likeness (QED) is 0.809. The molecule has 2 aromatic heterocycles. The number of thiophene rings is 1. The van der Waals surface area contributed by atoms with E-state index in [1.165, 1.54) is 37.3 Å². The maximum atomic E-state index is 11.5. The molecule has 1 atom stereocenters. The molecule has 0 aliphatic carbocycles. The third-order valence-electron chi connectivity index (χ3n) is 4.78. The number of nitrogens with zero attached hydrogens (tertiary/aromatic N) is 2. The van der Waals surface area contributed by atoms with Gasteiger partial charge < -0.3 is 16.4 Å². The van der Waals surface area contributed by atoms with E-state index in [0.29, 0.717) is 11.5 Å². The second kappa shape index (κ2) is 6.64. The molecule has 23 heavy (non-hydrogen) atoms. The number of hydrogen-bond acceptors (Lipinski definition) is 5. The molecule has 2 aromatic rings. The molecule has 5 rings (SSSR count). The molecular formula is C16H20N4O2S. The van der Waals surface area contributed by atoms with Gasteiger partial charge in [-0.25, -0.2) is 0 Å². The van der Waals surface area contributed by atoms with Crippen LogP contribution in [0.5, 0.6) is 0 Å². The van der Waals surface area contributed by atoms with E-state index in [1.54, 1.807) is 0 Å².